The van der Waals surface area contributed by atoms with Crippen LogP contribution in [0.1, 0.15) is 30.8 Å². The number of para-hydroxylation sites is 1. The van der Waals surface area contributed by atoms with E-state index in [2.05, 4.69) is 40.4 Å². The number of aromatic nitrogens is 1. The molecule has 0 aliphatic carbocycles. The highest BCUT2D eigenvalue weighted by atomic mass is 32.1. The molecule has 3 aromatic rings. The first-order chi connectivity index (χ1) is 12.0. The first-order valence-corrected chi connectivity index (χ1v) is 8.99. The van der Waals surface area contributed by atoms with Gasteiger partial charge in [-0.15, -0.1) is 11.3 Å². The van der Waals surface area contributed by atoms with Gasteiger partial charge in [0, 0.05) is 17.5 Å². The zero-order valence-corrected chi connectivity index (χ0v) is 14.9. The topological polar surface area (TPSA) is 66.7 Å². The molecule has 2 heterocycles. The van der Waals surface area contributed by atoms with Gasteiger partial charge in [-0.05, 0) is 29.8 Å². The third-order valence-electron chi connectivity index (χ3n) is 4.34. The van der Waals surface area contributed by atoms with Gasteiger partial charge in [0.2, 0.25) is 5.91 Å². The number of nitrogens with zero attached hydrogens (tertiary/aromatic N) is 3. The maximum atomic E-state index is 11.9. The molecule has 1 N–H and O–H groups in total. The van der Waals surface area contributed by atoms with Crippen molar-refractivity contribution >= 4 is 38.8 Å². The molecule has 2 aromatic carbocycles. The minimum Gasteiger partial charge on any atom is -0.326 e. The molecule has 5 nitrogen and oxygen atoms in total. The lowest BCUT2D eigenvalue weighted by Gasteiger charge is -2.32. The Labute approximate surface area is 149 Å². The molecule has 6 heteroatoms. The quantitative estimate of drug-likeness (QED) is 0.660. The number of rotatable bonds is 3. The summed E-state index contributed by atoms with van der Waals surface area (Å²) in [5.41, 5.74) is 3.54. The lowest BCUT2D eigenvalue weighted by atomic mass is 9.78. The third kappa shape index (κ3) is 3.17. The van der Waals surface area contributed by atoms with Crippen molar-refractivity contribution in [2.75, 3.05) is 5.32 Å². The Morgan fingerprint density at radius 3 is 2.92 bits per heavy atom. The Morgan fingerprint density at radius 2 is 2.08 bits per heavy atom. The molecule has 0 fully saturated rings. The van der Waals surface area contributed by atoms with E-state index in [-0.39, 0.29) is 11.3 Å². The maximum absolute atomic E-state index is 11.9. The first kappa shape index (κ1) is 15.9. The fourth-order valence-corrected chi connectivity index (χ4v) is 4.03. The lowest BCUT2D eigenvalue weighted by Crippen LogP contribution is -2.32. The summed E-state index contributed by atoms with van der Waals surface area (Å²) in [5, 5.41) is 12.4. The van der Waals surface area contributed by atoms with Gasteiger partial charge < -0.3 is 5.32 Å². The molecule has 25 heavy (non-hydrogen) atoms. The Kier molecular flexibility index (Phi) is 3.84. The van der Waals surface area contributed by atoms with E-state index in [1.807, 2.05) is 36.4 Å². The predicted molar refractivity (Wildman–Crippen MR) is 101 cm³/mol. The molecular formula is C19H18N4OS. The highest BCUT2D eigenvalue weighted by Crippen LogP contribution is 2.38. The number of benzene rings is 2. The van der Waals surface area contributed by atoms with Crippen LogP contribution in [-0.4, -0.2) is 10.9 Å². The lowest BCUT2D eigenvalue weighted by molar-refractivity contribution is -0.117. The average molecular weight is 350 g/mol. The molecular weight excluding hydrogens is 332 g/mol. The van der Waals surface area contributed by atoms with Crippen molar-refractivity contribution in [3.05, 3.63) is 53.0 Å². The van der Waals surface area contributed by atoms with Crippen molar-refractivity contribution < 1.29 is 4.79 Å². The van der Waals surface area contributed by atoms with Crippen molar-refractivity contribution in [1.29, 1.82) is 0 Å². The summed E-state index contributed by atoms with van der Waals surface area (Å²) in [7, 11) is 0. The Morgan fingerprint density at radius 1 is 1.24 bits per heavy atom. The molecule has 0 spiro atoms. The average Bonchev–Trinajstić information content (AvgIpc) is 2.96. The molecule has 0 bridgehead atoms. The zero-order valence-electron chi connectivity index (χ0n) is 14.1. The van der Waals surface area contributed by atoms with Gasteiger partial charge in [-0.2, -0.15) is 10.2 Å². The number of fused-ring (bicyclic) bond motifs is 2. The van der Waals surface area contributed by atoms with Crippen molar-refractivity contribution in [2.45, 2.75) is 32.2 Å². The van der Waals surface area contributed by atoms with Crippen LogP contribution in [0.5, 0.6) is 0 Å². The highest BCUT2D eigenvalue weighted by molar-refractivity contribution is 7.18. The van der Waals surface area contributed by atoms with Crippen LogP contribution in [0.3, 0.4) is 0 Å². The molecule has 1 amide bonds. The summed E-state index contributed by atoms with van der Waals surface area (Å²) < 4.78 is 1.16. The van der Waals surface area contributed by atoms with Gasteiger partial charge in [0.25, 0.3) is 0 Å². The number of carbonyl (C=O) groups is 1. The molecule has 1 aromatic heterocycles. The molecule has 0 saturated heterocycles. The van der Waals surface area contributed by atoms with E-state index in [0.29, 0.717) is 13.0 Å². The molecule has 1 aliphatic rings. The van der Waals surface area contributed by atoms with Gasteiger partial charge in [0.15, 0.2) is 0 Å². The zero-order chi connectivity index (χ0) is 17.4. The van der Waals surface area contributed by atoms with Crippen LogP contribution in [0.15, 0.2) is 52.7 Å². The second-order valence-electron chi connectivity index (χ2n) is 6.81. The number of nitrogens with one attached hydrogen (secondary N) is 1. The van der Waals surface area contributed by atoms with E-state index < -0.39 is 0 Å². The van der Waals surface area contributed by atoms with E-state index in [1.54, 1.807) is 11.3 Å². The van der Waals surface area contributed by atoms with E-state index in [0.717, 1.165) is 32.2 Å². The number of azo groups is 1. The van der Waals surface area contributed by atoms with Crippen molar-refractivity contribution in [1.82, 2.24) is 4.98 Å². The largest absolute Gasteiger partial charge is 0.326 e. The fourth-order valence-electron chi connectivity index (χ4n) is 3.14. The second-order valence-corrected chi connectivity index (χ2v) is 7.93. The monoisotopic (exact) mass is 350 g/mol. The van der Waals surface area contributed by atoms with Crippen molar-refractivity contribution in [3.8, 4) is 0 Å². The van der Waals surface area contributed by atoms with Crippen LogP contribution in [0.4, 0.5) is 11.4 Å². The number of anilines is 1. The maximum Gasteiger partial charge on any atom is 0.225 e. The smallest absolute Gasteiger partial charge is 0.225 e. The molecule has 126 valence electrons. The van der Waals surface area contributed by atoms with E-state index in [4.69, 9.17) is 0 Å². The summed E-state index contributed by atoms with van der Waals surface area (Å²) in [5.74, 6) is 0.0427. The third-order valence-corrected chi connectivity index (χ3v) is 5.36. The Hall–Kier alpha value is -2.60. The summed E-state index contributed by atoms with van der Waals surface area (Å²) in [4.78, 5) is 16.4. The SMILES string of the molecule is CC1(C)CC(=O)Nc2cc(N=NCc3nc4ccccc4s3)ccc21. The van der Waals surface area contributed by atoms with Crippen LogP contribution >= 0.6 is 11.3 Å². The number of hydrogen-bond acceptors (Lipinski definition) is 5. The number of hydrogen-bond donors (Lipinski definition) is 1. The van der Waals surface area contributed by atoms with Crippen LogP contribution in [-0.2, 0) is 16.8 Å². The van der Waals surface area contributed by atoms with Crippen molar-refractivity contribution in [3.63, 3.8) is 0 Å². The minimum absolute atomic E-state index is 0.0427. The van der Waals surface area contributed by atoms with Gasteiger partial charge >= 0.3 is 0 Å². The first-order valence-electron chi connectivity index (χ1n) is 8.18. The van der Waals surface area contributed by atoms with E-state index in [9.17, 15) is 4.79 Å². The van der Waals surface area contributed by atoms with E-state index in [1.165, 1.54) is 0 Å². The van der Waals surface area contributed by atoms with Gasteiger partial charge in [-0.25, -0.2) is 4.98 Å². The van der Waals surface area contributed by atoms with Crippen LogP contribution in [0.25, 0.3) is 10.2 Å². The van der Waals surface area contributed by atoms with Gasteiger partial charge in [-0.3, -0.25) is 4.79 Å². The summed E-state index contributed by atoms with van der Waals surface area (Å²) in [6, 6.07) is 13.9. The molecule has 1 aliphatic heterocycles. The summed E-state index contributed by atoms with van der Waals surface area (Å²) in [6.45, 7) is 4.62. The number of carbonyl (C=O) groups excluding carboxylic acids is 1. The molecule has 0 radical (unpaired) electrons. The van der Waals surface area contributed by atoms with Gasteiger partial charge in [-0.1, -0.05) is 32.0 Å². The molecule has 0 saturated carbocycles. The highest BCUT2D eigenvalue weighted by Gasteiger charge is 2.31. The van der Waals surface area contributed by atoms with Crippen LogP contribution < -0.4 is 5.32 Å². The van der Waals surface area contributed by atoms with E-state index >= 15 is 0 Å². The minimum atomic E-state index is -0.158. The molecule has 0 atom stereocenters. The summed E-state index contributed by atoms with van der Waals surface area (Å²) in [6.07, 6.45) is 0.498. The second kappa shape index (κ2) is 6.04. The van der Waals surface area contributed by atoms with Crippen molar-refractivity contribution in [2.24, 2.45) is 10.2 Å². The standard InChI is InChI=1S/C19H18N4OS/c1-19(2)10-17(24)21-15-9-12(7-8-13(15)19)23-20-11-18-22-14-5-3-4-6-16(14)25-18/h3-9H,10-11H2,1-2H3,(H,21,24). The van der Waals surface area contributed by atoms with Crippen LogP contribution in [0, 0.1) is 0 Å². The Balaban J connectivity index is 1.54. The molecule has 4 rings (SSSR count). The molecule has 0 unspecified atom stereocenters. The number of thiazole rings is 1. The number of amides is 1. The normalized spacial score (nSPS) is 16.2. The predicted octanol–water partition coefficient (Wildman–Crippen LogP) is 5.20. The van der Waals surface area contributed by atoms with Gasteiger partial charge in [0.1, 0.15) is 11.6 Å². The fraction of sp³-hybridized carbons (Fsp3) is 0.263. The van der Waals surface area contributed by atoms with Gasteiger partial charge in [0.05, 0.1) is 15.9 Å². The summed E-state index contributed by atoms with van der Waals surface area (Å²) >= 11 is 1.63. The van der Waals surface area contributed by atoms with Crippen LogP contribution in [0.2, 0.25) is 0 Å². The Bertz CT molecular complexity index is 957.